The molecule has 27 heteroatoms. The molecule has 0 aromatic rings. The summed E-state index contributed by atoms with van der Waals surface area (Å²) in [7, 11) is 0. The van der Waals surface area contributed by atoms with Gasteiger partial charge in [0, 0.05) is 32.1 Å². The molecule has 0 aliphatic carbocycles. The van der Waals surface area contributed by atoms with Crippen LogP contribution in [0, 0.1) is 0 Å². The molecule has 0 bridgehead atoms. The van der Waals surface area contributed by atoms with Crippen molar-refractivity contribution in [1.82, 2.24) is 37.2 Å². The first-order valence-electron chi connectivity index (χ1n) is 18.4. The van der Waals surface area contributed by atoms with Gasteiger partial charge in [-0.15, -0.1) is 0 Å². The van der Waals surface area contributed by atoms with Crippen LogP contribution in [0.4, 0.5) is 0 Å². The van der Waals surface area contributed by atoms with Crippen molar-refractivity contribution in [1.29, 1.82) is 0 Å². The molecular weight excluding hydrogens is 824 g/mol. The molecule has 61 heavy (non-hydrogen) atoms. The van der Waals surface area contributed by atoms with E-state index in [9.17, 15) is 72.5 Å². The van der Waals surface area contributed by atoms with Gasteiger partial charge in [0.25, 0.3) is 0 Å². The Morgan fingerprint density at radius 1 is 0.344 bits per heavy atom. The van der Waals surface area contributed by atoms with Gasteiger partial charge in [-0.2, -0.15) is 0 Å². The third-order valence-electron chi connectivity index (χ3n) is 8.36. The average molecular weight is 877 g/mol. The minimum absolute atomic E-state index is 0.263. The Labute approximate surface area is 346 Å². The number of carboxylic acids is 6. The number of carboxylic acid groups (broad SMARTS) is 6. The lowest BCUT2D eigenvalue weighted by Crippen LogP contribution is -2.59. The molecule has 0 aromatic carbocycles. The first-order chi connectivity index (χ1) is 28.2. The predicted octanol–water partition coefficient (Wildman–Crippen LogP) is -4.82. The van der Waals surface area contributed by atoms with Crippen molar-refractivity contribution in [3.63, 3.8) is 0 Å². The summed E-state index contributed by atoms with van der Waals surface area (Å²) in [5.41, 5.74) is 5.63. The third-order valence-corrected chi connectivity index (χ3v) is 8.36. The van der Waals surface area contributed by atoms with E-state index in [1.807, 2.05) is 5.32 Å². The zero-order chi connectivity index (χ0) is 47.1. The van der Waals surface area contributed by atoms with Crippen LogP contribution in [0.15, 0.2) is 0 Å². The van der Waals surface area contributed by atoms with E-state index in [4.69, 9.17) is 26.2 Å². The van der Waals surface area contributed by atoms with Gasteiger partial charge >= 0.3 is 35.8 Å². The van der Waals surface area contributed by atoms with E-state index in [2.05, 4.69) is 31.9 Å². The van der Waals surface area contributed by atoms with Crippen molar-refractivity contribution in [3.8, 4) is 0 Å². The van der Waals surface area contributed by atoms with Gasteiger partial charge in [0.1, 0.15) is 42.3 Å². The molecule has 0 rings (SSSR count). The topological polar surface area (TPSA) is 454 Å². The Kier molecular flexibility index (Phi) is 23.9. The van der Waals surface area contributed by atoms with Gasteiger partial charge in [0.2, 0.25) is 41.4 Å². The minimum Gasteiger partial charge on any atom is -0.481 e. The minimum atomic E-state index is -1.74. The number of rotatable bonds is 30. The number of aliphatic carboxylic acids is 6. The molecule has 0 unspecified atom stereocenters. The highest BCUT2D eigenvalue weighted by atomic mass is 16.4. The van der Waals surface area contributed by atoms with E-state index >= 15 is 0 Å². The maximum absolute atomic E-state index is 13.2. The van der Waals surface area contributed by atoms with Crippen LogP contribution in [-0.4, -0.2) is 156 Å². The first kappa shape index (κ1) is 54.1. The summed E-state index contributed by atoms with van der Waals surface area (Å²) in [5, 5.41) is 69.7. The Hall–Kier alpha value is -6.93. The zero-order valence-electron chi connectivity index (χ0n) is 33.3. The Morgan fingerprint density at radius 2 is 0.574 bits per heavy atom. The second-order valence-electron chi connectivity index (χ2n) is 13.5. The molecule has 0 aliphatic rings. The van der Waals surface area contributed by atoms with Crippen molar-refractivity contribution in [2.24, 2.45) is 5.73 Å². The molecule has 0 radical (unpaired) electrons. The molecule has 0 aromatic heterocycles. The lowest BCUT2D eigenvalue weighted by atomic mass is 10.1. The number of carbonyl (C=O) groups excluding carboxylic acids is 7. The highest BCUT2D eigenvalue weighted by molar-refractivity contribution is 5.97. The van der Waals surface area contributed by atoms with Crippen LogP contribution in [0.5, 0.6) is 0 Å². The fourth-order valence-corrected chi connectivity index (χ4v) is 4.85. The number of nitrogens with two attached hydrogens (primary N) is 1. The van der Waals surface area contributed by atoms with Crippen molar-refractivity contribution in [2.75, 3.05) is 0 Å². The van der Waals surface area contributed by atoms with Crippen LogP contribution in [0.25, 0.3) is 0 Å². The van der Waals surface area contributed by atoms with E-state index < -0.39 is 183 Å². The van der Waals surface area contributed by atoms with Crippen LogP contribution < -0.4 is 43.0 Å². The van der Waals surface area contributed by atoms with Crippen LogP contribution in [0.2, 0.25) is 0 Å². The van der Waals surface area contributed by atoms with E-state index in [0.29, 0.717) is 0 Å². The normalized spacial score (nSPS) is 14.6. The van der Waals surface area contributed by atoms with Gasteiger partial charge in [0.15, 0.2) is 0 Å². The monoisotopic (exact) mass is 876 g/mol. The van der Waals surface area contributed by atoms with E-state index in [1.165, 1.54) is 6.92 Å². The van der Waals surface area contributed by atoms with Gasteiger partial charge in [-0.25, -0.2) is 4.79 Å². The van der Waals surface area contributed by atoms with Crippen LogP contribution >= 0.6 is 0 Å². The van der Waals surface area contributed by atoms with E-state index in [0.717, 1.165) is 13.8 Å². The maximum Gasteiger partial charge on any atom is 0.326 e. The molecule has 0 saturated heterocycles. The summed E-state index contributed by atoms with van der Waals surface area (Å²) >= 11 is 0. The summed E-state index contributed by atoms with van der Waals surface area (Å²) in [5.74, 6) is -16.1. The van der Waals surface area contributed by atoms with Crippen molar-refractivity contribution >= 4 is 77.2 Å². The summed E-state index contributed by atoms with van der Waals surface area (Å²) in [6.07, 6.45) is -5.71. The lowest BCUT2D eigenvalue weighted by Gasteiger charge is -2.25. The molecule has 0 saturated carbocycles. The smallest absolute Gasteiger partial charge is 0.326 e. The molecule has 8 atom stereocenters. The van der Waals surface area contributed by atoms with Crippen LogP contribution in [-0.2, 0) is 62.3 Å². The highest BCUT2D eigenvalue weighted by Crippen LogP contribution is 2.06. The number of hydrogen-bond acceptors (Lipinski definition) is 14. The lowest BCUT2D eigenvalue weighted by molar-refractivity contribution is -0.144. The molecule has 7 amide bonds. The highest BCUT2D eigenvalue weighted by Gasteiger charge is 2.33. The largest absolute Gasteiger partial charge is 0.481 e. The Bertz CT molecular complexity index is 1670. The van der Waals surface area contributed by atoms with Crippen molar-refractivity contribution < 1.29 is 93.0 Å². The molecular formula is C34H52N8O19. The molecule has 0 heterocycles. The quantitative estimate of drug-likeness (QED) is 0.0322. The van der Waals surface area contributed by atoms with Gasteiger partial charge < -0.3 is 73.6 Å². The Balaban J connectivity index is 5.90. The van der Waals surface area contributed by atoms with Gasteiger partial charge in [-0.1, -0.05) is 0 Å². The number of carbonyl (C=O) groups is 13. The van der Waals surface area contributed by atoms with Gasteiger partial charge in [-0.3, -0.25) is 57.5 Å². The molecule has 0 aliphatic heterocycles. The second kappa shape index (κ2) is 26.9. The Morgan fingerprint density at radius 3 is 0.852 bits per heavy atom. The van der Waals surface area contributed by atoms with Crippen LogP contribution in [0.1, 0.15) is 85.0 Å². The fraction of sp³-hybridized carbons (Fsp3) is 0.618. The van der Waals surface area contributed by atoms with Gasteiger partial charge in [0.05, 0.1) is 6.04 Å². The third kappa shape index (κ3) is 22.7. The van der Waals surface area contributed by atoms with Crippen molar-refractivity contribution in [3.05, 3.63) is 0 Å². The number of hydrogen-bond donors (Lipinski definition) is 14. The maximum atomic E-state index is 13.2. The summed E-state index contributed by atoms with van der Waals surface area (Å²) in [6.45, 7) is 3.37. The summed E-state index contributed by atoms with van der Waals surface area (Å²) in [6, 6.07) is -12.6. The molecule has 342 valence electrons. The average Bonchev–Trinajstić information content (AvgIpc) is 3.15. The zero-order valence-corrected chi connectivity index (χ0v) is 33.3. The first-order valence-corrected chi connectivity index (χ1v) is 18.4. The van der Waals surface area contributed by atoms with Gasteiger partial charge in [-0.05, 0) is 52.9 Å². The van der Waals surface area contributed by atoms with E-state index in [1.54, 1.807) is 0 Å². The van der Waals surface area contributed by atoms with Crippen LogP contribution in [0.3, 0.4) is 0 Å². The standard InChI is InChI=1S/C34H52N8O19/c1-14(36-30(56)17(35)4-9-22(43)44)27(53)39-18(5-10-23(45)46)31(57)37-15(2)28(54)40-19(6-11-24(47)48)32(58)38-16(3)29(55)41-20(7-12-25(49)50)33(59)42-21(34(60)61)8-13-26(51)52/h14-21H,4-13,35H2,1-3H3,(H,36,56)(H,37,57)(H,38,58)(H,39,53)(H,40,54)(H,41,55)(H,42,59)(H,43,44)(H,45,46)(H,47,48)(H,49,50)(H,51,52)(H,60,61)/t14-,15-,16-,17-,18-,19-,20-,21-/m0/s1. The predicted molar refractivity (Wildman–Crippen MR) is 200 cm³/mol. The molecule has 0 spiro atoms. The molecule has 15 N–H and O–H groups in total. The second-order valence-corrected chi connectivity index (χ2v) is 13.5. The molecule has 0 fully saturated rings. The SMILES string of the molecule is C[C@H](NC(=O)[C@H](CCC(=O)O)NC(=O)[C@H](C)NC(=O)[C@@H](N)CCC(=O)O)C(=O)N[C@@H](CCC(=O)O)C(=O)N[C@@H](C)C(=O)N[C@@H](CCC(=O)O)C(=O)N[C@@H](CCC(=O)O)C(=O)O. The number of amides is 7. The summed E-state index contributed by atoms with van der Waals surface area (Å²) < 4.78 is 0. The fourth-order valence-electron chi connectivity index (χ4n) is 4.85. The van der Waals surface area contributed by atoms with Crippen molar-refractivity contribution in [2.45, 2.75) is 133 Å². The molecule has 27 nitrogen and oxygen atoms in total. The summed E-state index contributed by atoms with van der Waals surface area (Å²) in [4.78, 5) is 158. The number of nitrogens with one attached hydrogen (secondary N) is 7. The van der Waals surface area contributed by atoms with E-state index in [-0.39, 0.29) is 6.42 Å².